The van der Waals surface area contributed by atoms with Crippen molar-refractivity contribution in [2.75, 3.05) is 0 Å². The zero-order chi connectivity index (χ0) is 12.0. The predicted molar refractivity (Wildman–Crippen MR) is 63.0 cm³/mol. The smallest absolute Gasteiger partial charge is 0.313 e. The van der Waals surface area contributed by atoms with Crippen molar-refractivity contribution in [3.63, 3.8) is 0 Å². The van der Waals surface area contributed by atoms with E-state index in [1.165, 1.54) is 0 Å². The Morgan fingerprint density at radius 3 is 2.62 bits per heavy atom. The second kappa shape index (κ2) is 6.89. The van der Waals surface area contributed by atoms with Crippen molar-refractivity contribution in [2.45, 2.75) is 71.0 Å². The molecule has 0 bridgehead atoms. The Morgan fingerprint density at radius 1 is 1.31 bits per heavy atom. The first kappa shape index (κ1) is 13.5. The first-order valence-corrected chi connectivity index (χ1v) is 6.53. The van der Waals surface area contributed by atoms with Gasteiger partial charge in [-0.1, -0.05) is 32.6 Å². The summed E-state index contributed by atoms with van der Waals surface area (Å²) in [6.45, 7) is 3.96. The fraction of sp³-hybridized carbons (Fsp3) is 0.923. The molecule has 0 radical (unpaired) electrons. The Kier molecular flexibility index (Phi) is 5.81. The van der Waals surface area contributed by atoms with Crippen LogP contribution in [0.25, 0.3) is 0 Å². The van der Waals surface area contributed by atoms with Crippen molar-refractivity contribution < 1.29 is 14.6 Å². The van der Waals surface area contributed by atoms with Crippen LogP contribution in [0.3, 0.4) is 0 Å². The highest BCUT2D eigenvalue weighted by atomic mass is 16.6. The van der Waals surface area contributed by atoms with Crippen molar-refractivity contribution in [3.05, 3.63) is 0 Å². The average Bonchev–Trinajstić information content (AvgIpc) is 2.23. The third kappa shape index (κ3) is 4.12. The number of hydrogen-bond donors (Lipinski definition) is 1. The van der Waals surface area contributed by atoms with Crippen LogP contribution in [-0.4, -0.2) is 23.3 Å². The summed E-state index contributed by atoms with van der Waals surface area (Å²) in [4.78, 5) is 11.3. The van der Waals surface area contributed by atoms with Gasteiger partial charge in [0.25, 0.3) is 0 Å². The molecule has 0 aromatic rings. The summed E-state index contributed by atoms with van der Waals surface area (Å²) in [7, 11) is 0. The molecule has 1 N–H and O–H groups in total. The van der Waals surface area contributed by atoms with Crippen LogP contribution in [-0.2, 0) is 9.53 Å². The molecule has 0 aliphatic carbocycles. The van der Waals surface area contributed by atoms with Crippen LogP contribution < -0.4 is 0 Å². The van der Waals surface area contributed by atoms with Crippen LogP contribution in [0.5, 0.6) is 0 Å². The molecule has 0 saturated carbocycles. The molecule has 3 heteroatoms. The van der Waals surface area contributed by atoms with Gasteiger partial charge in [0.1, 0.15) is 6.10 Å². The van der Waals surface area contributed by atoms with Gasteiger partial charge >= 0.3 is 5.97 Å². The monoisotopic (exact) mass is 228 g/mol. The number of hydrogen-bond acceptors (Lipinski definition) is 3. The molecular weight excluding hydrogens is 204 g/mol. The number of esters is 1. The van der Waals surface area contributed by atoms with Gasteiger partial charge in [-0.25, -0.2) is 0 Å². The van der Waals surface area contributed by atoms with Crippen molar-refractivity contribution in [2.24, 2.45) is 5.92 Å². The van der Waals surface area contributed by atoms with Crippen LogP contribution in [0.4, 0.5) is 0 Å². The highest BCUT2D eigenvalue weighted by Gasteiger charge is 2.40. The maximum absolute atomic E-state index is 11.3. The maximum atomic E-state index is 11.3. The number of rotatable bonds is 8. The van der Waals surface area contributed by atoms with E-state index in [1.807, 2.05) is 6.92 Å². The molecule has 1 heterocycles. The van der Waals surface area contributed by atoms with Crippen LogP contribution in [0, 0.1) is 5.92 Å². The number of carbonyl (C=O) groups excluding carboxylic acids is 1. The molecule has 1 aliphatic rings. The lowest BCUT2D eigenvalue weighted by Gasteiger charge is -2.35. The van der Waals surface area contributed by atoms with Crippen molar-refractivity contribution in [3.8, 4) is 0 Å². The predicted octanol–water partition coefficient (Wildman–Crippen LogP) is 2.66. The average molecular weight is 228 g/mol. The van der Waals surface area contributed by atoms with Crippen molar-refractivity contribution >= 4 is 5.97 Å². The Bertz CT molecular complexity index is 213. The molecule has 3 nitrogen and oxygen atoms in total. The number of aliphatic hydroxyl groups is 1. The summed E-state index contributed by atoms with van der Waals surface area (Å²) in [6, 6.07) is 0. The SMILES string of the molecule is CCCCC1OC(=O)C1CCCCC(C)O. The molecule has 1 aliphatic heterocycles. The highest BCUT2D eigenvalue weighted by molar-refractivity contribution is 5.78. The fourth-order valence-corrected chi connectivity index (χ4v) is 2.17. The highest BCUT2D eigenvalue weighted by Crippen LogP contribution is 2.31. The van der Waals surface area contributed by atoms with Gasteiger partial charge < -0.3 is 9.84 Å². The number of cyclic esters (lactones) is 1. The fourth-order valence-electron chi connectivity index (χ4n) is 2.17. The normalized spacial score (nSPS) is 26.1. The van der Waals surface area contributed by atoms with Crippen LogP contribution in [0.15, 0.2) is 0 Å². The summed E-state index contributed by atoms with van der Waals surface area (Å²) in [5.74, 6) is 0.124. The third-order valence-electron chi connectivity index (χ3n) is 3.25. The molecule has 1 saturated heterocycles. The molecular formula is C13H24O3. The second-order valence-electron chi connectivity index (χ2n) is 4.86. The number of aliphatic hydroxyl groups excluding tert-OH is 1. The van der Waals surface area contributed by atoms with Crippen LogP contribution in [0.2, 0.25) is 0 Å². The van der Waals surface area contributed by atoms with Crippen molar-refractivity contribution in [1.29, 1.82) is 0 Å². The van der Waals surface area contributed by atoms with Gasteiger partial charge in [-0.05, 0) is 26.2 Å². The molecule has 1 rings (SSSR count). The molecule has 0 amide bonds. The standard InChI is InChI=1S/C13H24O3/c1-3-4-9-12-11(13(15)16-12)8-6-5-7-10(2)14/h10-12,14H,3-9H2,1-2H3. The summed E-state index contributed by atoms with van der Waals surface area (Å²) in [6.07, 6.45) is 7.06. The maximum Gasteiger partial charge on any atom is 0.313 e. The van der Waals surface area contributed by atoms with Gasteiger partial charge in [0.2, 0.25) is 0 Å². The lowest BCUT2D eigenvalue weighted by molar-refractivity contribution is -0.186. The largest absolute Gasteiger partial charge is 0.461 e. The van der Waals surface area contributed by atoms with E-state index in [9.17, 15) is 4.79 Å². The Balaban J connectivity index is 2.11. The van der Waals surface area contributed by atoms with Gasteiger partial charge in [-0.3, -0.25) is 4.79 Å². The molecule has 0 spiro atoms. The number of carbonyl (C=O) groups is 1. The molecule has 94 valence electrons. The summed E-state index contributed by atoms with van der Waals surface area (Å²) in [5.41, 5.74) is 0. The summed E-state index contributed by atoms with van der Waals surface area (Å²) in [5, 5.41) is 9.12. The minimum Gasteiger partial charge on any atom is -0.461 e. The molecule has 0 aromatic heterocycles. The Labute approximate surface area is 98.2 Å². The van der Waals surface area contributed by atoms with Gasteiger partial charge in [0.05, 0.1) is 12.0 Å². The first-order chi connectivity index (χ1) is 7.65. The van der Waals surface area contributed by atoms with Gasteiger partial charge in [-0.2, -0.15) is 0 Å². The van der Waals surface area contributed by atoms with E-state index in [1.54, 1.807) is 0 Å². The van der Waals surface area contributed by atoms with E-state index in [4.69, 9.17) is 9.84 Å². The second-order valence-corrected chi connectivity index (χ2v) is 4.86. The van der Waals surface area contributed by atoms with E-state index in [2.05, 4.69) is 6.92 Å². The Hall–Kier alpha value is -0.570. The molecule has 3 unspecified atom stereocenters. The zero-order valence-electron chi connectivity index (χ0n) is 10.4. The van der Waals surface area contributed by atoms with Gasteiger partial charge in [0.15, 0.2) is 0 Å². The van der Waals surface area contributed by atoms with E-state index in [0.29, 0.717) is 0 Å². The third-order valence-corrected chi connectivity index (χ3v) is 3.25. The van der Waals surface area contributed by atoms with Crippen molar-refractivity contribution in [1.82, 2.24) is 0 Å². The van der Waals surface area contributed by atoms with E-state index in [-0.39, 0.29) is 24.1 Å². The minimum atomic E-state index is -0.218. The molecule has 0 aromatic carbocycles. The van der Waals surface area contributed by atoms with E-state index < -0.39 is 0 Å². The molecule has 1 fully saturated rings. The molecule has 3 atom stereocenters. The van der Waals surface area contributed by atoms with Gasteiger partial charge in [0, 0.05) is 0 Å². The Morgan fingerprint density at radius 2 is 2.06 bits per heavy atom. The van der Waals surface area contributed by atoms with E-state index in [0.717, 1.165) is 44.9 Å². The van der Waals surface area contributed by atoms with Crippen LogP contribution >= 0.6 is 0 Å². The topological polar surface area (TPSA) is 46.5 Å². The first-order valence-electron chi connectivity index (χ1n) is 6.53. The van der Waals surface area contributed by atoms with Gasteiger partial charge in [-0.15, -0.1) is 0 Å². The minimum absolute atomic E-state index is 0.0156. The number of unbranched alkanes of at least 4 members (excludes halogenated alkanes) is 2. The van der Waals surface area contributed by atoms with Crippen LogP contribution in [0.1, 0.15) is 58.8 Å². The van der Waals surface area contributed by atoms with E-state index >= 15 is 0 Å². The lowest BCUT2D eigenvalue weighted by Crippen LogP contribution is -2.44. The zero-order valence-corrected chi connectivity index (χ0v) is 10.4. The number of ether oxygens (including phenoxy) is 1. The quantitative estimate of drug-likeness (QED) is 0.513. The summed E-state index contributed by atoms with van der Waals surface area (Å²) < 4.78 is 5.14. The summed E-state index contributed by atoms with van der Waals surface area (Å²) >= 11 is 0. The lowest BCUT2D eigenvalue weighted by atomic mass is 9.88. The molecule has 16 heavy (non-hydrogen) atoms.